The molecule has 0 aliphatic carbocycles. The van der Waals surface area contributed by atoms with Crippen molar-refractivity contribution in [1.82, 2.24) is 25.2 Å². The number of nitrogens with one attached hydrogen (secondary N) is 3. The lowest BCUT2D eigenvalue weighted by Gasteiger charge is -2.36. The van der Waals surface area contributed by atoms with E-state index in [0.717, 1.165) is 36.2 Å². The second-order valence-electron chi connectivity index (χ2n) is 6.70. The van der Waals surface area contributed by atoms with E-state index < -0.39 is 0 Å². The van der Waals surface area contributed by atoms with Crippen molar-refractivity contribution in [1.29, 1.82) is 0 Å². The number of rotatable bonds is 3. The van der Waals surface area contributed by atoms with Crippen LogP contribution in [-0.2, 0) is 0 Å². The van der Waals surface area contributed by atoms with Gasteiger partial charge in [-0.15, -0.1) is 0 Å². The Kier molecular flexibility index (Phi) is 4.53. The van der Waals surface area contributed by atoms with Crippen LogP contribution in [0.25, 0.3) is 11.0 Å². The van der Waals surface area contributed by atoms with Crippen LogP contribution in [0.5, 0.6) is 0 Å². The Labute approximate surface area is 151 Å². The van der Waals surface area contributed by atoms with Gasteiger partial charge in [0.1, 0.15) is 5.82 Å². The Balaban J connectivity index is 1.43. The van der Waals surface area contributed by atoms with Crippen molar-refractivity contribution in [3.8, 4) is 0 Å². The summed E-state index contributed by atoms with van der Waals surface area (Å²) in [5, 5.41) is 5.90. The van der Waals surface area contributed by atoms with Gasteiger partial charge in [0.05, 0.1) is 29.0 Å². The summed E-state index contributed by atoms with van der Waals surface area (Å²) < 4.78 is 0. The summed E-state index contributed by atoms with van der Waals surface area (Å²) >= 11 is 0. The van der Waals surface area contributed by atoms with Crippen LogP contribution in [0.1, 0.15) is 24.7 Å². The third-order valence-corrected chi connectivity index (χ3v) is 4.85. The van der Waals surface area contributed by atoms with Crippen molar-refractivity contribution in [2.24, 2.45) is 0 Å². The minimum Gasteiger partial charge on any atom is -0.341 e. The Morgan fingerprint density at radius 1 is 1.27 bits per heavy atom. The maximum Gasteiger partial charge on any atom is 0.319 e. The van der Waals surface area contributed by atoms with E-state index in [4.69, 9.17) is 4.98 Å². The first-order valence-corrected chi connectivity index (χ1v) is 8.81. The van der Waals surface area contributed by atoms with Crippen LogP contribution in [0.2, 0.25) is 0 Å². The molecule has 4 rings (SSSR count). The number of para-hydroxylation sites is 2. The predicted molar refractivity (Wildman–Crippen MR) is 101 cm³/mol. The summed E-state index contributed by atoms with van der Waals surface area (Å²) in [6.45, 7) is 0.902. The fourth-order valence-corrected chi connectivity index (χ4v) is 3.45. The van der Waals surface area contributed by atoms with Crippen LogP contribution in [0, 0.1) is 0 Å². The van der Waals surface area contributed by atoms with Crippen LogP contribution in [-0.4, -0.2) is 45.5 Å². The molecule has 1 fully saturated rings. The predicted octanol–water partition coefficient (Wildman–Crippen LogP) is 2.91. The highest BCUT2D eigenvalue weighted by Gasteiger charge is 2.30. The molecule has 26 heavy (non-hydrogen) atoms. The summed E-state index contributed by atoms with van der Waals surface area (Å²) in [5.41, 5.74) is 2.70. The Morgan fingerprint density at radius 2 is 2.15 bits per heavy atom. The number of urea groups is 1. The summed E-state index contributed by atoms with van der Waals surface area (Å²) in [6, 6.07) is 11.7. The Morgan fingerprint density at radius 3 is 2.96 bits per heavy atom. The fourth-order valence-electron chi connectivity index (χ4n) is 3.45. The standard InChI is InChI=1S/C19H22N6O/c1-25-10-8-13(21-19(26)22-14-5-4-9-20-12-14)11-17(25)18-23-15-6-2-3-7-16(15)24-18/h2-7,9,12-13,17H,8,10-11H2,1H3,(H,23,24)(H2,21,22,26)/t13?,17-/m1/s1. The van der Waals surface area contributed by atoms with Gasteiger partial charge in [0.15, 0.2) is 0 Å². The molecule has 3 heterocycles. The maximum absolute atomic E-state index is 12.3. The number of hydrogen-bond acceptors (Lipinski definition) is 4. The minimum atomic E-state index is -0.198. The molecule has 1 aliphatic rings. The molecule has 134 valence electrons. The van der Waals surface area contributed by atoms with E-state index in [-0.39, 0.29) is 18.1 Å². The fraction of sp³-hybridized carbons (Fsp3) is 0.316. The molecule has 3 N–H and O–H groups in total. The SMILES string of the molecule is CN1CCC(NC(=O)Nc2cccnc2)C[C@@H]1c1nc2ccccc2[nH]1. The molecule has 0 saturated carbocycles. The topological polar surface area (TPSA) is 85.9 Å². The van der Waals surface area contributed by atoms with E-state index in [9.17, 15) is 4.79 Å². The number of carbonyl (C=O) groups is 1. The molecule has 7 nitrogen and oxygen atoms in total. The molecule has 3 aromatic rings. The quantitative estimate of drug-likeness (QED) is 0.678. The van der Waals surface area contributed by atoms with Gasteiger partial charge in [-0.05, 0) is 44.2 Å². The molecule has 2 amide bonds. The molecule has 0 spiro atoms. The van der Waals surface area contributed by atoms with Crippen molar-refractivity contribution in [2.45, 2.75) is 24.9 Å². The molecule has 1 saturated heterocycles. The van der Waals surface area contributed by atoms with E-state index in [1.807, 2.05) is 30.3 Å². The molecule has 1 aromatic carbocycles. The number of benzene rings is 1. The number of likely N-dealkylation sites (tertiary alicyclic amines) is 1. The van der Waals surface area contributed by atoms with Gasteiger partial charge in [-0.1, -0.05) is 12.1 Å². The lowest BCUT2D eigenvalue weighted by Crippen LogP contribution is -2.46. The van der Waals surface area contributed by atoms with E-state index in [1.54, 1.807) is 18.5 Å². The average Bonchev–Trinajstić information content (AvgIpc) is 3.08. The van der Waals surface area contributed by atoms with Crippen LogP contribution < -0.4 is 10.6 Å². The second kappa shape index (κ2) is 7.13. The van der Waals surface area contributed by atoms with Gasteiger partial charge in [0.25, 0.3) is 0 Å². The van der Waals surface area contributed by atoms with E-state index in [1.165, 1.54) is 0 Å². The number of amides is 2. The monoisotopic (exact) mass is 350 g/mol. The van der Waals surface area contributed by atoms with Crippen LogP contribution >= 0.6 is 0 Å². The van der Waals surface area contributed by atoms with Gasteiger partial charge in [-0.2, -0.15) is 0 Å². The van der Waals surface area contributed by atoms with Crippen molar-refractivity contribution in [3.05, 3.63) is 54.6 Å². The highest BCUT2D eigenvalue weighted by Crippen LogP contribution is 2.29. The molecule has 0 radical (unpaired) electrons. The zero-order chi connectivity index (χ0) is 17.9. The number of nitrogens with zero attached hydrogens (tertiary/aromatic N) is 3. The van der Waals surface area contributed by atoms with Crippen LogP contribution in [0.3, 0.4) is 0 Å². The van der Waals surface area contributed by atoms with Gasteiger partial charge in [-0.25, -0.2) is 9.78 Å². The van der Waals surface area contributed by atoms with Crippen molar-refractivity contribution in [3.63, 3.8) is 0 Å². The number of hydrogen-bond donors (Lipinski definition) is 3. The number of pyridine rings is 1. The largest absolute Gasteiger partial charge is 0.341 e. The molecule has 0 bridgehead atoms. The van der Waals surface area contributed by atoms with E-state index in [2.05, 4.69) is 32.5 Å². The average molecular weight is 350 g/mol. The van der Waals surface area contributed by atoms with Crippen LogP contribution in [0.4, 0.5) is 10.5 Å². The van der Waals surface area contributed by atoms with E-state index in [0.29, 0.717) is 5.69 Å². The Hall–Kier alpha value is -2.93. The number of imidazole rings is 1. The van der Waals surface area contributed by atoms with Gasteiger partial charge in [-0.3, -0.25) is 9.88 Å². The number of carbonyl (C=O) groups excluding carboxylic acids is 1. The third kappa shape index (κ3) is 3.52. The van der Waals surface area contributed by atoms with Gasteiger partial charge < -0.3 is 15.6 Å². The Bertz CT molecular complexity index is 860. The smallest absolute Gasteiger partial charge is 0.319 e. The maximum atomic E-state index is 12.3. The molecule has 7 heteroatoms. The van der Waals surface area contributed by atoms with Crippen molar-refractivity contribution >= 4 is 22.8 Å². The highest BCUT2D eigenvalue weighted by atomic mass is 16.2. The van der Waals surface area contributed by atoms with Gasteiger partial charge in [0, 0.05) is 18.8 Å². The van der Waals surface area contributed by atoms with Crippen molar-refractivity contribution < 1.29 is 4.79 Å². The summed E-state index contributed by atoms with van der Waals surface area (Å²) in [4.78, 5) is 26.7. The van der Waals surface area contributed by atoms with Gasteiger partial charge in [0.2, 0.25) is 0 Å². The lowest BCUT2D eigenvalue weighted by molar-refractivity contribution is 0.153. The first kappa shape index (κ1) is 16.5. The zero-order valence-electron chi connectivity index (χ0n) is 14.6. The number of fused-ring (bicyclic) bond motifs is 1. The molecule has 2 aromatic heterocycles. The minimum absolute atomic E-state index is 0.0982. The first-order chi connectivity index (χ1) is 12.7. The summed E-state index contributed by atoms with van der Waals surface area (Å²) in [6.07, 6.45) is 5.04. The molecule has 2 atom stereocenters. The number of H-pyrrole nitrogens is 1. The van der Waals surface area contributed by atoms with Crippen molar-refractivity contribution in [2.75, 3.05) is 18.9 Å². The van der Waals surface area contributed by atoms with Gasteiger partial charge >= 0.3 is 6.03 Å². The molecule has 1 aliphatic heterocycles. The molecule has 1 unspecified atom stereocenters. The normalized spacial score (nSPS) is 20.8. The van der Waals surface area contributed by atoms with E-state index >= 15 is 0 Å². The summed E-state index contributed by atoms with van der Waals surface area (Å²) in [5.74, 6) is 0.952. The lowest BCUT2D eigenvalue weighted by atomic mass is 9.97. The number of aromatic amines is 1. The highest BCUT2D eigenvalue weighted by molar-refractivity contribution is 5.89. The number of piperidine rings is 1. The van der Waals surface area contributed by atoms with Crippen LogP contribution in [0.15, 0.2) is 48.8 Å². The zero-order valence-corrected chi connectivity index (χ0v) is 14.6. The molecular weight excluding hydrogens is 328 g/mol. The number of aromatic nitrogens is 3. The second-order valence-corrected chi connectivity index (χ2v) is 6.70. The number of anilines is 1. The summed E-state index contributed by atoms with van der Waals surface area (Å²) in [7, 11) is 2.10. The first-order valence-electron chi connectivity index (χ1n) is 8.81. The molecular formula is C19H22N6O. The third-order valence-electron chi connectivity index (χ3n) is 4.85.